The monoisotopic (exact) mass is 681 g/mol. The quantitative estimate of drug-likeness (QED) is 0.316. The molecule has 2 N–H and O–H groups in total. The lowest BCUT2D eigenvalue weighted by Crippen LogP contribution is -2.56. The highest BCUT2D eigenvalue weighted by atomic mass is 16.7. The van der Waals surface area contributed by atoms with Crippen molar-refractivity contribution in [3.63, 3.8) is 0 Å². The first-order valence-corrected chi connectivity index (χ1v) is 18.3. The Kier molecular flexibility index (Phi) is 10.6. The molecule has 6 nitrogen and oxygen atoms in total. The van der Waals surface area contributed by atoms with Gasteiger partial charge in [0.2, 0.25) is 0 Å². The Bertz CT molecular complexity index is 1290. The summed E-state index contributed by atoms with van der Waals surface area (Å²) in [6.45, 7) is 36.6. The maximum absolute atomic E-state index is 11.2. The second-order valence-corrected chi connectivity index (χ2v) is 20.8. The molecule has 0 amide bonds. The van der Waals surface area contributed by atoms with Crippen molar-refractivity contribution < 1.29 is 29.2 Å². The van der Waals surface area contributed by atoms with Crippen molar-refractivity contribution in [2.75, 3.05) is 26.4 Å². The number of ether oxygens (including phenoxy) is 4. The normalized spacial score (nSPS) is 23.3. The molecule has 0 aliphatic carbocycles. The Balaban J connectivity index is 1.43. The molecule has 276 valence electrons. The fourth-order valence-corrected chi connectivity index (χ4v) is 7.36. The Labute approximate surface area is 298 Å². The van der Waals surface area contributed by atoms with E-state index in [4.69, 9.17) is 18.9 Å². The SMILES string of the molecule is CC(C)(C)c1cc(CC(C)(C)C2OCC3(CO2)COC(C(C)(C)Cc2cc(C(C)(C)C)c(O)c(C(C)(C)C)c2)OC3)cc(C(C)(C)C)c1O. The molecule has 2 aliphatic rings. The van der Waals surface area contributed by atoms with Gasteiger partial charge in [0.25, 0.3) is 0 Å². The lowest BCUT2D eigenvalue weighted by molar-refractivity contribution is -0.333. The molecule has 0 radical (unpaired) electrons. The van der Waals surface area contributed by atoms with Crippen molar-refractivity contribution >= 4 is 0 Å². The number of benzene rings is 2. The predicted octanol–water partition coefficient (Wildman–Crippen LogP) is 9.86. The fourth-order valence-electron chi connectivity index (χ4n) is 7.36. The lowest BCUT2D eigenvalue weighted by atomic mass is 9.75. The van der Waals surface area contributed by atoms with Gasteiger partial charge in [-0.15, -0.1) is 0 Å². The van der Waals surface area contributed by atoms with Crippen LogP contribution in [0.5, 0.6) is 11.5 Å². The third-order valence-electron chi connectivity index (χ3n) is 10.3. The molecule has 6 heteroatoms. The van der Waals surface area contributed by atoms with Gasteiger partial charge >= 0.3 is 0 Å². The van der Waals surface area contributed by atoms with E-state index in [0.717, 1.165) is 35.1 Å². The smallest absolute Gasteiger partial charge is 0.162 e. The van der Waals surface area contributed by atoms with Crippen LogP contribution in [0.2, 0.25) is 0 Å². The number of hydrogen-bond donors (Lipinski definition) is 2. The average molecular weight is 681 g/mol. The zero-order chi connectivity index (χ0) is 37.2. The highest BCUT2D eigenvalue weighted by Crippen LogP contribution is 2.45. The van der Waals surface area contributed by atoms with E-state index >= 15 is 0 Å². The van der Waals surface area contributed by atoms with Crippen molar-refractivity contribution in [1.29, 1.82) is 0 Å². The highest BCUT2D eigenvalue weighted by molar-refractivity contribution is 5.51. The van der Waals surface area contributed by atoms with Crippen LogP contribution in [0.1, 0.15) is 144 Å². The fraction of sp³-hybridized carbons (Fsp3) is 0.721. The second-order valence-electron chi connectivity index (χ2n) is 20.8. The van der Waals surface area contributed by atoms with Gasteiger partial charge in [0.15, 0.2) is 12.6 Å². The van der Waals surface area contributed by atoms with Crippen LogP contribution in [0.3, 0.4) is 0 Å². The minimum atomic E-state index is -0.374. The van der Waals surface area contributed by atoms with Gasteiger partial charge in [-0.1, -0.05) is 135 Å². The Hall–Kier alpha value is -2.12. The first-order chi connectivity index (χ1) is 22.1. The van der Waals surface area contributed by atoms with E-state index in [9.17, 15) is 10.2 Å². The van der Waals surface area contributed by atoms with E-state index in [0.29, 0.717) is 37.9 Å². The highest BCUT2D eigenvalue weighted by Gasteiger charge is 2.48. The molecular weight excluding hydrogens is 612 g/mol. The molecule has 0 unspecified atom stereocenters. The van der Waals surface area contributed by atoms with Crippen LogP contribution in [-0.2, 0) is 53.4 Å². The van der Waals surface area contributed by atoms with E-state index in [-0.39, 0.29) is 50.5 Å². The van der Waals surface area contributed by atoms with Gasteiger partial charge < -0.3 is 29.2 Å². The summed E-state index contributed by atoms with van der Waals surface area (Å²) in [5, 5.41) is 22.4. The van der Waals surface area contributed by atoms with Crippen LogP contribution in [-0.4, -0.2) is 49.2 Å². The van der Waals surface area contributed by atoms with Crippen LogP contribution in [0.4, 0.5) is 0 Å². The number of hydrogen-bond acceptors (Lipinski definition) is 6. The molecular formula is C43H68O6. The third-order valence-corrected chi connectivity index (χ3v) is 10.3. The van der Waals surface area contributed by atoms with Crippen molar-refractivity contribution in [3.05, 3.63) is 57.6 Å². The largest absolute Gasteiger partial charge is 0.507 e. The van der Waals surface area contributed by atoms with Crippen LogP contribution in [0.15, 0.2) is 24.3 Å². The minimum Gasteiger partial charge on any atom is -0.507 e. The van der Waals surface area contributed by atoms with Gasteiger partial charge in [-0.25, -0.2) is 0 Å². The second kappa shape index (κ2) is 13.1. The molecule has 2 fully saturated rings. The zero-order valence-electron chi connectivity index (χ0n) is 33.7. The maximum Gasteiger partial charge on any atom is 0.162 e. The maximum atomic E-state index is 11.2. The van der Waals surface area contributed by atoms with Crippen LogP contribution in [0, 0.1) is 16.2 Å². The molecule has 2 aliphatic heterocycles. The molecule has 2 heterocycles. The van der Waals surface area contributed by atoms with Gasteiger partial charge in [0.1, 0.15) is 11.5 Å². The molecule has 4 rings (SSSR count). The summed E-state index contributed by atoms with van der Waals surface area (Å²) >= 11 is 0. The van der Waals surface area contributed by atoms with Crippen molar-refractivity contribution in [1.82, 2.24) is 0 Å². The predicted molar refractivity (Wildman–Crippen MR) is 200 cm³/mol. The number of aromatic hydroxyl groups is 2. The number of rotatable bonds is 6. The van der Waals surface area contributed by atoms with Crippen molar-refractivity contribution in [3.8, 4) is 11.5 Å². The molecule has 0 bridgehead atoms. The zero-order valence-corrected chi connectivity index (χ0v) is 33.7. The van der Waals surface area contributed by atoms with E-state index in [1.807, 2.05) is 0 Å². The van der Waals surface area contributed by atoms with Gasteiger partial charge in [-0.3, -0.25) is 0 Å². The Morgan fingerprint density at radius 2 is 0.694 bits per heavy atom. The molecule has 1 spiro atoms. The van der Waals surface area contributed by atoms with Crippen molar-refractivity contribution in [2.24, 2.45) is 16.2 Å². The van der Waals surface area contributed by atoms with Gasteiger partial charge in [-0.2, -0.15) is 0 Å². The first kappa shape index (κ1) is 39.7. The Morgan fingerprint density at radius 3 is 0.898 bits per heavy atom. The molecule has 0 atom stereocenters. The van der Waals surface area contributed by atoms with Crippen molar-refractivity contribution in [2.45, 2.75) is 158 Å². The van der Waals surface area contributed by atoms with Crippen LogP contribution >= 0.6 is 0 Å². The summed E-state index contributed by atoms with van der Waals surface area (Å²) in [5.41, 5.74) is 4.55. The van der Waals surface area contributed by atoms with E-state index in [1.54, 1.807) is 0 Å². The number of phenolic OH excluding ortho intramolecular Hbond substituents is 2. The first-order valence-electron chi connectivity index (χ1n) is 18.3. The number of phenols is 2. The molecule has 49 heavy (non-hydrogen) atoms. The van der Waals surface area contributed by atoms with Gasteiger partial charge in [0.05, 0.1) is 31.8 Å². The molecule has 0 saturated carbocycles. The Morgan fingerprint density at radius 1 is 0.469 bits per heavy atom. The standard InChI is InChI=1S/C43H68O6/c1-37(2,3)29-17-27(18-30(33(29)44)38(4,5)6)21-41(13,14)35-46-23-43(24-47-35)25-48-36(49-26-43)42(15,16)22-28-19-31(39(7,8)9)34(45)32(20-28)40(10,11)12/h17-20,35-36,44-45H,21-26H2,1-16H3. The van der Waals surface area contributed by atoms with E-state index in [1.165, 1.54) is 11.1 Å². The molecule has 2 aromatic carbocycles. The third kappa shape index (κ3) is 8.86. The summed E-state index contributed by atoms with van der Waals surface area (Å²) in [5.74, 6) is 0.805. The average Bonchev–Trinajstić information content (AvgIpc) is 2.92. The summed E-state index contributed by atoms with van der Waals surface area (Å²) < 4.78 is 26.0. The summed E-state index contributed by atoms with van der Waals surface area (Å²) in [6.07, 6.45) is 0.762. The molecule has 2 aromatic rings. The van der Waals surface area contributed by atoms with Crippen LogP contribution < -0.4 is 0 Å². The van der Waals surface area contributed by atoms with Gasteiger partial charge in [0, 0.05) is 10.8 Å². The topological polar surface area (TPSA) is 77.4 Å². The summed E-state index contributed by atoms with van der Waals surface area (Å²) in [7, 11) is 0. The summed E-state index contributed by atoms with van der Waals surface area (Å²) in [6, 6.07) is 8.64. The lowest BCUT2D eigenvalue weighted by Gasteiger charge is -2.49. The van der Waals surface area contributed by atoms with Crippen LogP contribution in [0.25, 0.3) is 0 Å². The molecule has 2 saturated heterocycles. The van der Waals surface area contributed by atoms with E-state index in [2.05, 4.69) is 135 Å². The van der Waals surface area contributed by atoms with E-state index < -0.39 is 0 Å². The minimum absolute atomic E-state index is 0.184. The molecule has 0 aromatic heterocycles. The summed E-state index contributed by atoms with van der Waals surface area (Å²) in [4.78, 5) is 0. The van der Waals surface area contributed by atoms with Gasteiger partial charge in [-0.05, 0) is 67.9 Å².